The summed E-state index contributed by atoms with van der Waals surface area (Å²) < 4.78 is 33.0. The highest BCUT2D eigenvalue weighted by molar-refractivity contribution is 5.91. The van der Waals surface area contributed by atoms with Gasteiger partial charge in [0.15, 0.2) is 5.69 Å². The molecule has 13 heteroatoms. The smallest absolute Gasteiger partial charge is 0.273 e. The number of rotatable bonds is 12. The van der Waals surface area contributed by atoms with Crippen molar-refractivity contribution in [3.8, 4) is 5.75 Å². The minimum absolute atomic E-state index is 0.0598. The zero-order valence-corrected chi connectivity index (χ0v) is 19.9. The second kappa shape index (κ2) is 12.1. The standard InChI is InChI=1S/C23H30F2N8O3/c1-28-22(35)19-14-33(32-31-19)9-3-2-4-15(26)5-6-20(27)30-21(34)11-16-10-17(7-8-29-16)36-18-12-23(24,25)13-18/h5-8,10,14,18H,2-4,9,11-13,26-27H2,1H3,(H,28,35)(H,30,34)/b15-5-,20-6+. The van der Waals surface area contributed by atoms with E-state index < -0.39 is 12.0 Å². The Morgan fingerprint density at radius 2 is 2.06 bits per heavy atom. The minimum atomic E-state index is -2.67. The van der Waals surface area contributed by atoms with Crippen LogP contribution in [0, 0.1) is 0 Å². The lowest BCUT2D eigenvalue weighted by atomic mass is 9.91. The number of aryl methyl sites for hydroxylation is 1. The van der Waals surface area contributed by atoms with Gasteiger partial charge in [-0.05, 0) is 37.5 Å². The van der Waals surface area contributed by atoms with Crippen LogP contribution in [0.2, 0.25) is 0 Å². The summed E-state index contributed by atoms with van der Waals surface area (Å²) in [5.74, 6) is -2.83. The number of halogens is 2. The molecule has 36 heavy (non-hydrogen) atoms. The fraction of sp³-hybridized carbons (Fsp3) is 0.435. The summed E-state index contributed by atoms with van der Waals surface area (Å²) in [6, 6.07) is 3.11. The van der Waals surface area contributed by atoms with Gasteiger partial charge in [0.25, 0.3) is 11.8 Å². The third-order valence-electron chi connectivity index (χ3n) is 5.35. The van der Waals surface area contributed by atoms with Crippen molar-refractivity contribution < 1.29 is 23.1 Å². The Kier molecular flexibility index (Phi) is 8.92. The van der Waals surface area contributed by atoms with Gasteiger partial charge >= 0.3 is 0 Å². The molecule has 3 rings (SSSR count). The fourth-order valence-electron chi connectivity index (χ4n) is 3.44. The topological polar surface area (TPSA) is 163 Å². The number of hydrogen-bond donors (Lipinski definition) is 4. The number of aromatic nitrogens is 4. The molecule has 6 N–H and O–H groups in total. The molecule has 0 unspecified atom stereocenters. The molecule has 0 aromatic carbocycles. The Morgan fingerprint density at radius 1 is 1.28 bits per heavy atom. The van der Waals surface area contributed by atoms with Crippen molar-refractivity contribution in [1.82, 2.24) is 30.6 Å². The lowest BCUT2D eigenvalue weighted by molar-refractivity contribution is -0.134. The van der Waals surface area contributed by atoms with Gasteiger partial charge in [-0.2, -0.15) is 0 Å². The summed E-state index contributed by atoms with van der Waals surface area (Å²) in [6.45, 7) is 0.596. The first-order valence-electron chi connectivity index (χ1n) is 11.5. The summed E-state index contributed by atoms with van der Waals surface area (Å²) in [6.07, 6.45) is 7.10. The van der Waals surface area contributed by atoms with Gasteiger partial charge in [0, 0.05) is 44.4 Å². The van der Waals surface area contributed by atoms with Crippen LogP contribution in [-0.2, 0) is 17.8 Å². The van der Waals surface area contributed by atoms with E-state index >= 15 is 0 Å². The Hall–Kier alpha value is -4.03. The molecule has 1 aliphatic carbocycles. The van der Waals surface area contributed by atoms with E-state index in [4.69, 9.17) is 16.2 Å². The molecule has 0 radical (unpaired) electrons. The first-order valence-corrected chi connectivity index (χ1v) is 11.5. The molecule has 194 valence electrons. The number of amides is 2. The normalized spacial score (nSPS) is 15.8. The lowest BCUT2D eigenvalue weighted by Gasteiger charge is -2.34. The van der Waals surface area contributed by atoms with Gasteiger partial charge in [-0.15, -0.1) is 5.10 Å². The largest absolute Gasteiger partial charge is 0.490 e. The molecule has 0 aliphatic heterocycles. The highest BCUT2D eigenvalue weighted by Gasteiger charge is 2.47. The number of pyridine rings is 1. The van der Waals surface area contributed by atoms with Gasteiger partial charge in [0.2, 0.25) is 5.91 Å². The molecule has 11 nitrogen and oxygen atoms in total. The fourth-order valence-corrected chi connectivity index (χ4v) is 3.44. The van der Waals surface area contributed by atoms with Crippen LogP contribution in [-0.4, -0.2) is 50.9 Å². The van der Waals surface area contributed by atoms with Crippen LogP contribution in [0.25, 0.3) is 0 Å². The van der Waals surface area contributed by atoms with Crippen LogP contribution in [0.3, 0.4) is 0 Å². The average Bonchev–Trinajstić information content (AvgIpc) is 3.28. The van der Waals surface area contributed by atoms with Crippen LogP contribution >= 0.6 is 0 Å². The highest BCUT2D eigenvalue weighted by Crippen LogP contribution is 2.39. The highest BCUT2D eigenvalue weighted by atomic mass is 19.3. The molecule has 2 heterocycles. The summed E-state index contributed by atoms with van der Waals surface area (Å²) in [5.41, 5.74) is 13.1. The van der Waals surface area contributed by atoms with Crippen LogP contribution in [0.1, 0.15) is 48.3 Å². The number of nitrogens with two attached hydrogens (primary N) is 2. The molecule has 2 aromatic rings. The molecule has 0 atom stereocenters. The van der Waals surface area contributed by atoms with Crippen molar-refractivity contribution >= 4 is 11.8 Å². The van der Waals surface area contributed by atoms with Gasteiger partial charge in [-0.1, -0.05) is 5.21 Å². The third kappa shape index (κ3) is 8.32. The van der Waals surface area contributed by atoms with E-state index in [2.05, 4.69) is 25.9 Å². The van der Waals surface area contributed by atoms with Crippen LogP contribution < -0.4 is 26.8 Å². The quantitative estimate of drug-likeness (QED) is 0.249. The predicted octanol–water partition coefficient (Wildman–Crippen LogP) is 1.38. The van der Waals surface area contributed by atoms with E-state index in [0.29, 0.717) is 30.1 Å². The van der Waals surface area contributed by atoms with Crippen LogP contribution in [0.4, 0.5) is 8.78 Å². The maximum absolute atomic E-state index is 13.0. The van der Waals surface area contributed by atoms with E-state index in [9.17, 15) is 18.4 Å². The second-order valence-electron chi connectivity index (χ2n) is 8.48. The zero-order valence-electron chi connectivity index (χ0n) is 19.9. The third-order valence-corrected chi connectivity index (χ3v) is 5.35. The minimum Gasteiger partial charge on any atom is -0.490 e. The number of nitrogens with zero attached hydrogens (tertiary/aromatic N) is 4. The number of carbonyl (C=O) groups is 2. The van der Waals surface area contributed by atoms with E-state index in [1.807, 2.05) is 0 Å². The first-order chi connectivity index (χ1) is 17.1. The predicted molar refractivity (Wildman–Crippen MR) is 126 cm³/mol. The Labute approximate surface area is 207 Å². The van der Waals surface area contributed by atoms with Gasteiger partial charge in [-0.3, -0.25) is 19.3 Å². The molecule has 1 aliphatic rings. The van der Waals surface area contributed by atoms with E-state index in [1.165, 1.54) is 19.3 Å². The van der Waals surface area contributed by atoms with Crippen molar-refractivity contribution in [3.63, 3.8) is 0 Å². The number of unbranched alkanes of at least 4 members (excludes halogenated alkanes) is 1. The van der Waals surface area contributed by atoms with E-state index in [0.717, 1.165) is 12.8 Å². The Balaban J connectivity index is 1.37. The molecule has 0 saturated heterocycles. The molecule has 0 spiro atoms. The maximum atomic E-state index is 13.0. The number of alkyl halides is 2. The molecule has 1 saturated carbocycles. The van der Waals surface area contributed by atoms with Crippen molar-refractivity contribution in [1.29, 1.82) is 0 Å². The summed E-state index contributed by atoms with van der Waals surface area (Å²) in [7, 11) is 1.53. The molecule has 2 aromatic heterocycles. The molecular weight excluding hydrogens is 474 g/mol. The van der Waals surface area contributed by atoms with Gasteiger partial charge in [0.1, 0.15) is 17.7 Å². The van der Waals surface area contributed by atoms with Gasteiger partial charge in [0.05, 0.1) is 18.3 Å². The molecular formula is C23H30F2N8O3. The number of allylic oxidation sites excluding steroid dienone is 3. The number of nitrogens with one attached hydrogen (secondary N) is 2. The molecule has 1 fully saturated rings. The SMILES string of the molecule is CNC(=O)c1cn(CCCC/C(N)=C/C=C(\N)NC(=O)Cc2cc(OC3CC(F)(F)C3)ccn2)nn1. The van der Waals surface area contributed by atoms with Gasteiger partial charge < -0.3 is 26.8 Å². The Morgan fingerprint density at radius 3 is 2.78 bits per heavy atom. The summed E-state index contributed by atoms with van der Waals surface area (Å²) in [4.78, 5) is 27.9. The number of hydrogen-bond acceptors (Lipinski definition) is 8. The van der Waals surface area contributed by atoms with Crippen molar-refractivity contribution in [2.45, 2.75) is 57.1 Å². The van der Waals surface area contributed by atoms with Crippen LogP contribution in [0.15, 0.2) is 48.2 Å². The molecule has 0 bridgehead atoms. The second-order valence-corrected chi connectivity index (χ2v) is 8.48. The Bertz CT molecular complexity index is 1120. The first kappa shape index (κ1) is 26.6. The van der Waals surface area contributed by atoms with Crippen molar-refractivity contribution in [2.75, 3.05) is 7.05 Å². The lowest BCUT2D eigenvalue weighted by Crippen LogP contribution is -2.43. The number of carbonyl (C=O) groups excluding carboxylic acids is 2. The van der Waals surface area contributed by atoms with E-state index in [-0.39, 0.29) is 42.6 Å². The molecule has 2 amide bonds. The van der Waals surface area contributed by atoms with Gasteiger partial charge in [-0.25, -0.2) is 8.78 Å². The maximum Gasteiger partial charge on any atom is 0.273 e. The number of ether oxygens (including phenoxy) is 1. The zero-order chi connectivity index (χ0) is 26.1. The van der Waals surface area contributed by atoms with E-state index in [1.54, 1.807) is 29.1 Å². The van der Waals surface area contributed by atoms with Crippen molar-refractivity contribution in [3.05, 3.63) is 59.6 Å². The summed E-state index contributed by atoms with van der Waals surface area (Å²) in [5, 5.41) is 12.7. The monoisotopic (exact) mass is 504 g/mol. The van der Waals surface area contributed by atoms with Crippen molar-refractivity contribution in [2.24, 2.45) is 11.5 Å². The van der Waals surface area contributed by atoms with Crippen LogP contribution in [0.5, 0.6) is 5.75 Å². The summed E-state index contributed by atoms with van der Waals surface area (Å²) >= 11 is 0. The average molecular weight is 505 g/mol.